The summed E-state index contributed by atoms with van der Waals surface area (Å²) in [5.41, 5.74) is 2.73. The zero-order chi connectivity index (χ0) is 22.8. The van der Waals surface area contributed by atoms with Crippen molar-refractivity contribution in [2.75, 3.05) is 26.2 Å². The summed E-state index contributed by atoms with van der Waals surface area (Å²) >= 11 is 0. The number of amidine groups is 2. The molecular formula is C28H43N3O. The number of ether oxygens (including phenoxy) is 1. The van der Waals surface area contributed by atoms with Gasteiger partial charge in [-0.15, -0.1) is 0 Å². The minimum atomic E-state index is 0.416. The Bertz CT molecular complexity index is 789. The van der Waals surface area contributed by atoms with E-state index in [1.54, 1.807) is 0 Å². The van der Waals surface area contributed by atoms with E-state index in [2.05, 4.69) is 68.0 Å². The van der Waals surface area contributed by atoms with Crippen molar-refractivity contribution in [3.8, 4) is 0 Å². The fraction of sp³-hybridized carbons (Fsp3) is 0.643. The lowest BCUT2D eigenvalue weighted by atomic mass is 9.97. The molecule has 2 aliphatic heterocycles. The summed E-state index contributed by atoms with van der Waals surface area (Å²) in [7, 11) is 0. The maximum atomic E-state index is 6.22. The monoisotopic (exact) mass is 437 g/mol. The Labute approximate surface area is 195 Å². The Morgan fingerprint density at radius 1 is 1.16 bits per heavy atom. The molecule has 0 saturated carbocycles. The molecule has 4 nitrogen and oxygen atoms in total. The molecule has 1 fully saturated rings. The minimum Gasteiger partial charge on any atom is -0.494 e. The van der Waals surface area contributed by atoms with Gasteiger partial charge < -0.3 is 9.64 Å². The molecule has 1 aliphatic carbocycles. The van der Waals surface area contributed by atoms with Crippen LogP contribution in [-0.2, 0) is 4.74 Å². The summed E-state index contributed by atoms with van der Waals surface area (Å²) in [6.45, 7) is 12.5. The van der Waals surface area contributed by atoms with E-state index in [9.17, 15) is 0 Å². The first kappa shape index (κ1) is 24.5. The molecule has 0 aromatic carbocycles. The topological polar surface area (TPSA) is 37.2 Å². The lowest BCUT2D eigenvalue weighted by molar-refractivity contribution is 0.134. The van der Waals surface area contributed by atoms with Gasteiger partial charge in [0.15, 0.2) is 0 Å². The highest BCUT2D eigenvalue weighted by Gasteiger charge is 2.24. The average Bonchev–Trinajstić information content (AvgIpc) is 3.18. The van der Waals surface area contributed by atoms with Crippen LogP contribution in [0.15, 0.2) is 57.3 Å². The number of nitrogens with zero attached hydrogens (tertiary/aromatic N) is 3. The van der Waals surface area contributed by atoms with Crippen molar-refractivity contribution in [3.05, 3.63) is 47.3 Å². The first-order chi connectivity index (χ1) is 15.6. The lowest BCUT2D eigenvalue weighted by Crippen LogP contribution is -2.40. The van der Waals surface area contributed by atoms with Gasteiger partial charge in [0.05, 0.1) is 13.2 Å². The van der Waals surface area contributed by atoms with E-state index in [4.69, 9.17) is 9.73 Å². The van der Waals surface area contributed by atoms with Crippen molar-refractivity contribution in [3.63, 3.8) is 0 Å². The summed E-state index contributed by atoms with van der Waals surface area (Å²) < 4.78 is 6.22. The second-order valence-corrected chi connectivity index (χ2v) is 9.67. The standard InChI is InChI=1S/C28H43N3O/c1-5-6-7-8-9-11-23(4)25-12-10-13-26(15-14-25)32-21-24-16-18-31(19-17-24)27-20-29-28(30-27)22(2)3/h11-15,22,24H,5-10,16-21H2,1-4H3/b23-11+. The molecule has 32 heavy (non-hydrogen) atoms. The zero-order valence-corrected chi connectivity index (χ0v) is 20.8. The molecule has 0 aromatic heterocycles. The predicted octanol–water partition coefficient (Wildman–Crippen LogP) is 6.87. The summed E-state index contributed by atoms with van der Waals surface area (Å²) in [5, 5.41) is 0. The van der Waals surface area contributed by atoms with Gasteiger partial charge in [0.1, 0.15) is 17.4 Å². The number of piperidine rings is 1. The third-order valence-electron chi connectivity index (χ3n) is 6.66. The maximum absolute atomic E-state index is 6.22. The zero-order valence-electron chi connectivity index (χ0n) is 20.8. The Morgan fingerprint density at radius 3 is 2.69 bits per heavy atom. The van der Waals surface area contributed by atoms with E-state index >= 15 is 0 Å². The first-order valence-electron chi connectivity index (χ1n) is 12.8. The minimum absolute atomic E-state index is 0.416. The van der Waals surface area contributed by atoms with Gasteiger partial charge in [-0.2, -0.15) is 0 Å². The fourth-order valence-electron chi connectivity index (χ4n) is 4.43. The van der Waals surface area contributed by atoms with Crippen LogP contribution in [0.25, 0.3) is 0 Å². The second-order valence-electron chi connectivity index (χ2n) is 9.67. The molecule has 0 bridgehead atoms. The molecule has 2 heterocycles. The van der Waals surface area contributed by atoms with Gasteiger partial charge in [0, 0.05) is 19.0 Å². The van der Waals surface area contributed by atoms with Crippen molar-refractivity contribution in [1.29, 1.82) is 0 Å². The van der Waals surface area contributed by atoms with Gasteiger partial charge >= 0.3 is 0 Å². The van der Waals surface area contributed by atoms with Gasteiger partial charge in [-0.3, -0.25) is 4.99 Å². The Hall–Kier alpha value is -2.10. The molecule has 1 saturated heterocycles. The highest BCUT2D eigenvalue weighted by atomic mass is 16.5. The summed E-state index contributed by atoms with van der Waals surface area (Å²) in [6, 6.07) is 0. The molecule has 0 N–H and O–H groups in total. The van der Waals surface area contributed by atoms with Crippen LogP contribution >= 0.6 is 0 Å². The number of hydrogen-bond donors (Lipinski definition) is 0. The molecular weight excluding hydrogens is 394 g/mol. The Balaban J connectivity index is 1.38. The molecule has 3 aliphatic rings. The van der Waals surface area contributed by atoms with Gasteiger partial charge in [-0.05, 0) is 68.2 Å². The first-order valence-corrected chi connectivity index (χ1v) is 12.8. The predicted molar refractivity (Wildman–Crippen MR) is 137 cm³/mol. The fourth-order valence-corrected chi connectivity index (χ4v) is 4.43. The van der Waals surface area contributed by atoms with Crippen LogP contribution in [0.2, 0.25) is 0 Å². The Kier molecular flexibility index (Phi) is 9.83. The largest absolute Gasteiger partial charge is 0.494 e. The highest BCUT2D eigenvalue weighted by molar-refractivity contribution is 6.03. The van der Waals surface area contributed by atoms with E-state index in [0.717, 1.165) is 62.9 Å². The quantitative estimate of drug-likeness (QED) is 0.350. The van der Waals surface area contributed by atoms with Crippen molar-refractivity contribution in [2.45, 2.75) is 79.1 Å². The maximum Gasteiger partial charge on any atom is 0.128 e. The van der Waals surface area contributed by atoms with Crippen LogP contribution in [0.5, 0.6) is 0 Å². The van der Waals surface area contributed by atoms with E-state index in [-0.39, 0.29) is 0 Å². The molecule has 0 unspecified atom stereocenters. The smallest absolute Gasteiger partial charge is 0.128 e. The second kappa shape index (κ2) is 12.8. The lowest BCUT2D eigenvalue weighted by Gasteiger charge is -2.33. The number of allylic oxidation sites excluding steroid dienone is 7. The third-order valence-corrected chi connectivity index (χ3v) is 6.66. The normalized spacial score (nSPS) is 20.2. The van der Waals surface area contributed by atoms with Gasteiger partial charge in [-0.1, -0.05) is 58.3 Å². The van der Waals surface area contributed by atoms with Crippen LogP contribution in [0.1, 0.15) is 79.1 Å². The Morgan fingerprint density at radius 2 is 1.97 bits per heavy atom. The molecule has 0 spiro atoms. The van der Waals surface area contributed by atoms with Crippen molar-refractivity contribution in [2.24, 2.45) is 21.8 Å². The summed E-state index contributed by atoms with van der Waals surface area (Å²) in [5.74, 6) is 4.22. The van der Waals surface area contributed by atoms with Crippen molar-refractivity contribution in [1.82, 2.24) is 4.90 Å². The van der Waals surface area contributed by atoms with Gasteiger partial charge in [0.25, 0.3) is 0 Å². The number of aliphatic imine (C=N–C) groups is 2. The number of hydrogen-bond acceptors (Lipinski definition) is 4. The third kappa shape index (κ3) is 7.50. The van der Waals surface area contributed by atoms with Crippen LogP contribution in [-0.4, -0.2) is 42.8 Å². The van der Waals surface area contributed by atoms with Gasteiger partial charge in [-0.25, -0.2) is 4.99 Å². The van der Waals surface area contributed by atoms with Crippen molar-refractivity contribution < 1.29 is 4.74 Å². The highest BCUT2D eigenvalue weighted by Crippen LogP contribution is 2.23. The molecule has 0 atom stereocenters. The molecule has 3 rings (SSSR count). The average molecular weight is 438 g/mol. The van der Waals surface area contributed by atoms with Crippen LogP contribution in [0.3, 0.4) is 0 Å². The van der Waals surface area contributed by atoms with E-state index in [1.165, 1.54) is 43.3 Å². The molecule has 4 heteroatoms. The van der Waals surface area contributed by atoms with Crippen molar-refractivity contribution >= 4 is 11.7 Å². The molecule has 0 radical (unpaired) electrons. The number of rotatable bonds is 10. The molecule has 0 amide bonds. The van der Waals surface area contributed by atoms with Crippen LogP contribution < -0.4 is 0 Å². The van der Waals surface area contributed by atoms with E-state index in [1.807, 2.05) is 0 Å². The van der Waals surface area contributed by atoms with E-state index in [0.29, 0.717) is 11.8 Å². The van der Waals surface area contributed by atoms with Crippen LogP contribution in [0.4, 0.5) is 0 Å². The van der Waals surface area contributed by atoms with E-state index < -0.39 is 0 Å². The molecule has 0 aromatic rings. The number of unbranched alkanes of at least 4 members (excludes halogenated alkanes) is 4. The summed E-state index contributed by atoms with van der Waals surface area (Å²) in [4.78, 5) is 11.8. The van der Waals surface area contributed by atoms with Crippen LogP contribution in [0, 0.1) is 11.8 Å². The molecule has 176 valence electrons. The SMILES string of the molecule is CCCCCC/C=C(\C)C1=CCC=C(OCC2CCN(C3=NC(C(C)C)=NC3)CC2)C=C1. The summed E-state index contributed by atoms with van der Waals surface area (Å²) in [6.07, 6.45) is 21.0. The van der Waals surface area contributed by atoms with Gasteiger partial charge in [0.2, 0.25) is 0 Å². The number of likely N-dealkylation sites (tertiary alicyclic amines) is 1.